The van der Waals surface area contributed by atoms with Crippen LogP contribution in [0.15, 0.2) is 71.6 Å². The molecule has 2 heterocycles. The minimum atomic E-state index is -4.00. The normalized spacial score (nSPS) is 13.0. The summed E-state index contributed by atoms with van der Waals surface area (Å²) in [6, 6.07) is 19.1. The van der Waals surface area contributed by atoms with E-state index in [1.54, 1.807) is 42.5 Å². The molecular formula is C23H19N4O4S-. The number of hydrogen-bond acceptors (Lipinski definition) is 7. The molecule has 0 saturated carbocycles. The van der Waals surface area contributed by atoms with E-state index in [4.69, 9.17) is 9.47 Å². The van der Waals surface area contributed by atoms with Crippen molar-refractivity contribution in [1.82, 2.24) is 9.97 Å². The van der Waals surface area contributed by atoms with E-state index in [2.05, 4.69) is 20.0 Å². The van der Waals surface area contributed by atoms with E-state index >= 15 is 0 Å². The molecule has 0 spiro atoms. The van der Waals surface area contributed by atoms with Crippen molar-refractivity contribution in [3.63, 3.8) is 0 Å². The Balaban J connectivity index is 1.55. The number of nitrogens with zero attached hydrogens (tertiary/aromatic N) is 3. The van der Waals surface area contributed by atoms with Crippen LogP contribution in [0.3, 0.4) is 0 Å². The summed E-state index contributed by atoms with van der Waals surface area (Å²) in [7, 11) is -4.00. The SMILES string of the molecule is Cc1cccc(S(=O)(=O)[N-]c2nc3ccccc3nc2Nc2ccc3c(c2)OCCO3)c1. The van der Waals surface area contributed by atoms with Crippen molar-refractivity contribution >= 4 is 38.4 Å². The van der Waals surface area contributed by atoms with Crippen molar-refractivity contribution in [3.8, 4) is 11.5 Å². The Labute approximate surface area is 185 Å². The van der Waals surface area contributed by atoms with Crippen LogP contribution in [0.25, 0.3) is 15.8 Å². The quantitative estimate of drug-likeness (QED) is 0.466. The summed E-state index contributed by atoms with van der Waals surface area (Å²) in [6.45, 7) is 2.78. The molecule has 0 radical (unpaired) electrons. The molecule has 1 aliphatic rings. The molecule has 9 heteroatoms. The molecule has 32 heavy (non-hydrogen) atoms. The summed E-state index contributed by atoms with van der Waals surface area (Å²) in [5.74, 6) is 1.44. The van der Waals surface area contributed by atoms with Crippen LogP contribution >= 0.6 is 0 Å². The van der Waals surface area contributed by atoms with Crippen molar-refractivity contribution in [1.29, 1.82) is 0 Å². The van der Waals surface area contributed by atoms with Gasteiger partial charge in [-0.3, -0.25) is 0 Å². The molecule has 0 unspecified atom stereocenters. The Morgan fingerprint density at radius 1 is 0.875 bits per heavy atom. The van der Waals surface area contributed by atoms with Gasteiger partial charge in [-0.05, 0) is 54.2 Å². The van der Waals surface area contributed by atoms with Gasteiger partial charge in [0.05, 0.1) is 10.4 Å². The van der Waals surface area contributed by atoms with Gasteiger partial charge in [0.15, 0.2) is 11.5 Å². The van der Waals surface area contributed by atoms with Crippen LogP contribution in [-0.2, 0) is 10.0 Å². The molecule has 0 aliphatic carbocycles. The molecule has 0 bridgehead atoms. The number of nitrogens with one attached hydrogen (secondary N) is 1. The first kappa shape index (κ1) is 20.1. The number of fused-ring (bicyclic) bond motifs is 2. The highest BCUT2D eigenvalue weighted by atomic mass is 32.2. The third-order valence-corrected chi connectivity index (χ3v) is 6.11. The molecule has 0 fully saturated rings. The van der Waals surface area contributed by atoms with Gasteiger partial charge in [0.2, 0.25) is 10.0 Å². The van der Waals surface area contributed by atoms with Gasteiger partial charge in [-0.25, -0.2) is 13.4 Å². The lowest BCUT2D eigenvalue weighted by atomic mass is 10.2. The largest absolute Gasteiger partial charge is 0.486 e. The minimum absolute atomic E-state index is 0.0277. The van der Waals surface area contributed by atoms with Crippen LogP contribution in [-0.4, -0.2) is 31.6 Å². The number of aryl methyl sites for hydroxylation is 1. The maximum absolute atomic E-state index is 13.0. The van der Waals surface area contributed by atoms with Crippen LogP contribution in [0.4, 0.5) is 17.3 Å². The van der Waals surface area contributed by atoms with Crippen LogP contribution in [0.5, 0.6) is 11.5 Å². The first-order chi connectivity index (χ1) is 15.5. The number of benzene rings is 3. The molecule has 1 aromatic heterocycles. The predicted octanol–water partition coefficient (Wildman–Crippen LogP) is 4.85. The number of rotatable bonds is 5. The van der Waals surface area contributed by atoms with E-state index in [-0.39, 0.29) is 16.5 Å². The monoisotopic (exact) mass is 447 g/mol. The van der Waals surface area contributed by atoms with Crippen LogP contribution in [0.2, 0.25) is 0 Å². The second-order valence-corrected chi connectivity index (χ2v) is 8.85. The molecular weight excluding hydrogens is 428 g/mol. The molecule has 3 aromatic carbocycles. The van der Waals surface area contributed by atoms with Crippen molar-refractivity contribution < 1.29 is 17.9 Å². The van der Waals surface area contributed by atoms with Gasteiger partial charge in [0, 0.05) is 11.8 Å². The number of aromatic nitrogens is 2. The van der Waals surface area contributed by atoms with E-state index in [9.17, 15) is 8.42 Å². The molecule has 5 rings (SSSR count). The average Bonchev–Trinajstić information content (AvgIpc) is 2.79. The Hall–Kier alpha value is -3.85. The Morgan fingerprint density at radius 3 is 2.41 bits per heavy atom. The molecule has 4 aromatic rings. The summed E-state index contributed by atoms with van der Waals surface area (Å²) in [5.41, 5.74) is 2.61. The van der Waals surface area contributed by atoms with Crippen LogP contribution in [0, 0.1) is 6.92 Å². The first-order valence-electron chi connectivity index (χ1n) is 9.96. The molecule has 8 nitrogen and oxygen atoms in total. The first-order valence-corrected chi connectivity index (χ1v) is 11.4. The number of anilines is 2. The molecule has 0 atom stereocenters. The van der Waals surface area contributed by atoms with Gasteiger partial charge in [-0.15, -0.1) is 0 Å². The predicted molar refractivity (Wildman–Crippen MR) is 122 cm³/mol. The highest BCUT2D eigenvalue weighted by molar-refractivity contribution is 7.94. The van der Waals surface area contributed by atoms with Gasteiger partial charge >= 0.3 is 0 Å². The lowest BCUT2D eigenvalue weighted by Crippen LogP contribution is -2.15. The highest BCUT2D eigenvalue weighted by Crippen LogP contribution is 2.37. The van der Waals surface area contributed by atoms with Gasteiger partial charge in [0.1, 0.15) is 19.0 Å². The lowest BCUT2D eigenvalue weighted by molar-refractivity contribution is 0.171. The van der Waals surface area contributed by atoms with Gasteiger partial charge < -0.3 is 24.5 Å². The van der Waals surface area contributed by atoms with E-state index in [0.29, 0.717) is 41.4 Å². The highest BCUT2D eigenvalue weighted by Gasteiger charge is 2.15. The molecule has 1 N–H and O–H groups in total. The molecule has 0 saturated heterocycles. The maximum atomic E-state index is 13.0. The van der Waals surface area contributed by atoms with E-state index in [1.165, 1.54) is 6.07 Å². The fourth-order valence-electron chi connectivity index (χ4n) is 3.34. The fraction of sp³-hybridized carbons (Fsp3) is 0.130. The topological polar surface area (TPSA) is 105 Å². The summed E-state index contributed by atoms with van der Waals surface area (Å²) in [4.78, 5) is 9.13. The summed E-state index contributed by atoms with van der Waals surface area (Å²) >= 11 is 0. The Bertz CT molecular complexity index is 1420. The van der Waals surface area contributed by atoms with Crippen LogP contribution < -0.4 is 14.8 Å². The van der Waals surface area contributed by atoms with Gasteiger partial charge in [-0.1, -0.05) is 30.3 Å². The van der Waals surface area contributed by atoms with Crippen LogP contribution in [0.1, 0.15) is 5.56 Å². The summed E-state index contributed by atoms with van der Waals surface area (Å²) < 4.78 is 41.2. The smallest absolute Gasteiger partial charge is 0.202 e. The zero-order valence-electron chi connectivity index (χ0n) is 17.1. The van der Waals surface area contributed by atoms with Crippen molar-refractivity contribution in [2.24, 2.45) is 0 Å². The number of hydrogen-bond donors (Lipinski definition) is 1. The van der Waals surface area contributed by atoms with E-state index < -0.39 is 10.0 Å². The third kappa shape index (κ3) is 4.02. The average molecular weight is 447 g/mol. The number of para-hydroxylation sites is 2. The van der Waals surface area contributed by atoms with Gasteiger partial charge in [0.25, 0.3) is 0 Å². The Kier molecular flexibility index (Phi) is 5.02. The van der Waals surface area contributed by atoms with E-state index in [0.717, 1.165) is 5.56 Å². The van der Waals surface area contributed by atoms with Crippen molar-refractivity contribution in [3.05, 3.63) is 77.0 Å². The molecule has 162 valence electrons. The van der Waals surface area contributed by atoms with Crippen molar-refractivity contribution in [2.75, 3.05) is 18.5 Å². The maximum Gasteiger partial charge on any atom is 0.202 e. The fourth-order valence-corrected chi connectivity index (χ4v) is 4.38. The second kappa shape index (κ2) is 8.01. The third-order valence-electron chi connectivity index (χ3n) is 4.85. The van der Waals surface area contributed by atoms with Crippen molar-refractivity contribution in [2.45, 2.75) is 11.8 Å². The summed E-state index contributed by atoms with van der Waals surface area (Å²) in [6.07, 6.45) is 0. The minimum Gasteiger partial charge on any atom is -0.486 e. The number of sulfonamides is 1. The van der Waals surface area contributed by atoms with Gasteiger partial charge in [-0.2, -0.15) is 0 Å². The van der Waals surface area contributed by atoms with E-state index in [1.807, 2.05) is 25.1 Å². The standard InChI is InChI=1S/C23H19N4O4S/c1-15-5-4-6-17(13-15)32(28,29)27-23-22(25-18-7-2-3-8-19(18)26-23)24-16-9-10-20-21(14-16)31-12-11-30-20/h2-10,13-14H,11-12H2,1H3,(H-,24,25,26,27)/q-1. The lowest BCUT2D eigenvalue weighted by Gasteiger charge is -2.22. The Morgan fingerprint density at radius 2 is 1.62 bits per heavy atom. The number of ether oxygens (including phenoxy) is 2. The molecule has 0 amide bonds. The zero-order valence-corrected chi connectivity index (χ0v) is 18.0. The zero-order chi connectivity index (χ0) is 22.1. The second-order valence-electron chi connectivity index (χ2n) is 7.25. The molecule has 1 aliphatic heterocycles. The summed E-state index contributed by atoms with van der Waals surface area (Å²) in [5, 5.41) is 3.13.